The number of rotatable bonds is 8. The molecule has 0 atom stereocenters. The van der Waals surface area contributed by atoms with Crippen LogP contribution in [-0.2, 0) is 25.7 Å². The second kappa shape index (κ2) is 10.3. The molecule has 4 aromatic rings. The number of pyridine rings is 1. The van der Waals surface area contributed by atoms with Crippen molar-refractivity contribution in [2.24, 2.45) is 0 Å². The van der Waals surface area contributed by atoms with Crippen LogP contribution in [0.3, 0.4) is 0 Å². The van der Waals surface area contributed by atoms with Crippen LogP contribution in [0.5, 0.6) is 5.75 Å². The lowest BCUT2D eigenvalue weighted by molar-refractivity contribution is 0.338. The first kappa shape index (κ1) is 23.1. The maximum absolute atomic E-state index is 15.1. The van der Waals surface area contributed by atoms with E-state index in [4.69, 9.17) is 16.3 Å². The standard InChI is InChI=1S/C27H23ClF3NO/c1-2-33-22-11-10-21(32-16-22)9-4-17-5-12-23-20(13-17)8-7-19(27(23)31)6-3-18-14-24(29)26(28)25(30)15-18/h5,7-8,10-16H,2-4,6,9H2,1H3. The van der Waals surface area contributed by atoms with Crippen LogP contribution in [0.15, 0.2) is 60.8 Å². The fraction of sp³-hybridized carbons (Fsp3) is 0.222. The van der Waals surface area contributed by atoms with Gasteiger partial charge in [-0.15, -0.1) is 0 Å². The van der Waals surface area contributed by atoms with Crippen LogP contribution in [0.2, 0.25) is 5.02 Å². The molecule has 0 aliphatic heterocycles. The smallest absolute Gasteiger partial charge is 0.145 e. The van der Waals surface area contributed by atoms with Gasteiger partial charge in [-0.25, -0.2) is 13.2 Å². The maximum atomic E-state index is 15.1. The van der Waals surface area contributed by atoms with Crippen molar-refractivity contribution in [1.29, 1.82) is 0 Å². The summed E-state index contributed by atoms with van der Waals surface area (Å²) in [4.78, 5) is 4.42. The van der Waals surface area contributed by atoms with Crippen LogP contribution in [0.4, 0.5) is 13.2 Å². The van der Waals surface area contributed by atoms with Crippen molar-refractivity contribution in [3.8, 4) is 5.75 Å². The van der Waals surface area contributed by atoms with Crippen LogP contribution in [0, 0.1) is 17.5 Å². The van der Waals surface area contributed by atoms with E-state index in [0.29, 0.717) is 36.0 Å². The van der Waals surface area contributed by atoms with Crippen molar-refractivity contribution in [3.05, 3.63) is 106 Å². The Morgan fingerprint density at radius 1 is 0.818 bits per heavy atom. The Kier molecular flexibility index (Phi) is 7.19. The molecule has 2 nitrogen and oxygen atoms in total. The molecule has 0 spiro atoms. The van der Waals surface area contributed by atoms with Gasteiger partial charge in [-0.1, -0.05) is 41.9 Å². The van der Waals surface area contributed by atoms with Crippen LogP contribution in [0.25, 0.3) is 10.8 Å². The average Bonchev–Trinajstić information content (AvgIpc) is 2.82. The van der Waals surface area contributed by atoms with Crippen molar-refractivity contribution in [2.45, 2.75) is 32.6 Å². The highest BCUT2D eigenvalue weighted by Crippen LogP contribution is 2.26. The van der Waals surface area contributed by atoms with Crippen LogP contribution in [0.1, 0.15) is 29.3 Å². The van der Waals surface area contributed by atoms with Gasteiger partial charge in [-0.05, 0) is 78.9 Å². The van der Waals surface area contributed by atoms with Gasteiger partial charge >= 0.3 is 0 Å². The monoisotopic (exact) mass is 469 g/mol. The maximum Gasteiger partial charge on any atom is 0.145 e. The molecule has 6 heteroatoms. The molecule has 1 aromatic heterocycles. The Labute approximate surface area is 196 Å². The quantitative estimate of drug-likeness (QED) is 0.253. The second-order valence-corrected chi connectivity index (χ2v) is 8.26. The summed E-state index contributed by atoms with van der Waals surface area (Å²) in [6.45, 7) is 2.54. The van der Waals surface area contributed by atoms with Crippen molar-refractivity contribution < 1.29 is 17.9 Å². The number of halogens is 4. The van der Waals surface area contributed by atoms with E-state index in [2.05, 4.69) is 4.98 Å². The zero-order chi connectivity index (χ0) is 23.4. The van der Waals surface area contributed by atoms with Crippen molar-refractivity contribution in [2.75, 3.05) is 6.61 Å². The Balaban J connectivity index is 1.44. The lowest BCUT2D eigenvalue weighted by Crippen LogP contribution is -1.99. The minimum absolute atomic E-state index is 0.304. The van der Waals surface area contributed by atoms with Gasteiger partial charge in [0.1, 0.15) is 28.2 Å². The van der Waals surface area contributed by atoms with Gasteiger partial charge in [0, 0.05) is 11.1 Å². The summed E-state index contributed by atoms with van der Waals surface area (Å²) in [6, 6.07) is 15.6. The summed E-state index contributed by atoms with van der Waals surface area (Å²) in [6.07, 6.45) is 3.91. The van der Waals surface area contributed by atoms with Gasteiger partial charge in [-0.3, -0.25) is 4.98 Å². The highest BCUT2D eigenvalue weighted by molar-refractivity contribution is 6.30. The van der Waals surface area contributed by atoms with E-state index in [1.807, 2.05) is 37.3 Å². The predicted molar refractivity (Wildman–Crippen MR) is 125 cm³/mol. The van der Waals surface area contributed by atoms with E-state index in [0.717, 1.165) is 35.2 Å². The van der Waals surface area contributed by atoms with E-state index in [9.17, 15) is 8.78 Å². The summed E-state index contributed by atoms with van der Waals surface area (Å²) >= 11 is 5.53. The van der Waals surface area contributed by atoms with Crippen molar-refractivity contribution in [1.82, 2.24) is 4.98 Å². The van der Waals surface area contributed by atoms with E-state index >= 15 is 4.39 Å². The first-order valence-corrected chi connectivity index (χ1v) is 11.2. The molecule has 0 amide bonds. The minimum Gasteiger partial charge on any atom is -0.492 e. The van der Waals surface area contributed by atoms with Gasteiger partial charge in [-0.2, -0.15) is 0 Å². The average molecular weight is 470 g/mol. The summed E-state index contributed by atoms with van der Waals surface area (Å²) in [5, 5.41) is 0.825. The zero-order valence-electron chi connectivity index (χ0n) is 18.2. The van der Waals surface area contributed by atoms with E-state index < -0.39 is 16.7 Å². The number of ether oxygens (including phenoxy) is 1. The second-order valence-electron chi connectivity index (χ2n) is 7.89. The van der Waals surface area contributed by atoms with E-state index in [1.54, 1.807) is 18.3 Å². The third-order valence-electron chi connectivity index (χ3n) is 5.60. The van der Waals surface area contributed by atoms with Crippen LogP contribution < -0.4 is 4.74 Å². The largest absolute Gasteiger partial charge is 0.492 e. The van der Waals surface area contributed by atoms with Gasteiger partial charge in [0.05, 0.1) is 12.8 Å². The van der Waals surface area contributed by atoms with Crippen LogP contribution >= 0.6 is 11.6 Å². The molecule has 0 aliphatic rings. The number of aromatic nitrogens is 1. The number of aryl methyl sites for hydroxylation is 4. The van der Waals surface area contributed by atoms with Crippen molar-refractivity contribution in [3.63, 3.8) is 0 Å². The Morgan fingerprint density at radius 2 is 1.58 bits per heavy atom. The fourth-order valence-corrected chi connectivity index (χ4v) is 3.96. The molecule has 0 bridgehead atoms. The predicted octanol–water partition coefficient (Wildman–Crippen LogP) is 7.27. The molecular formula is C27H23ClF3NO. The summed E-state index contributed by atoms with van der Waals surface area (Å²) in [5.41, 5.74) is 3.00. The minimum atomic E-state index is -0.807. The molecule has 0 unspecified atom stereocenters. The van der Waals surface area contributed by atoms with Gasteiger partial charge in [0.15, 0.2) is 0 Å². The molecule has 0 N–H and O–H groups in total. The normalized spacial score (nSPS) is 11.2. The summed E-state index contributed by atoms with van der Waals surface area (Å²) in [7, 11) is 0. The number of hydrogen-bond acceptors (Lipinski definition) is 2. The van der Waals surface area contributed by atoms with Crippen LogP contribution in [-0.4, -0.2) is 11.6 Å². The van der Waals surface area contributed by atoms with Gasteiger partial charge in [0.2, 0.25) is 0 Å². The van der Waals surface area contributed by atoms with Gasteiger partial charge < -0.3 is 4.74 Å². The molecule has 33 heavy (non-hydrogen) atoms. The SMILES string of the molecule is CCOc1ccc(CCc2ccc3c(F)c(CCc4cc(F)c(Cl)c(F)c4)ccc3c2)nc1. The highest BCUT2D eigenvalue weighted by Gasteiger charge is 2.12. The molecule has 4 rings (SSSR count). The number of benzene rings is 3. The first-order chi connectivity index (χ1) is 15.9. The topological polar surface area (TPSA) is 22.1 Å². The summed E-state index contributed by atoms with van der Waals surface area (Å²) < 4.78 is 47.8. The Bertz CT molecular complexity index is 1250. The number of hydrogen-bond donors (Lipinski definition) is 0. The molecular weight excluding hydrogens is 447 g/mol. The highest BCUT2D eigenvalue weighted by atomic mass is 35.5. The molecule has 0 aliphatic carbocycles. The molecule has 0 radical (unpaired) electrons. The Hall–Kier alpha value is -3.05. The first-order valence-electron chi connectivity index (χ1n) is 10.9. The molecule has 0 saturated carbocycles. The molecule has 170 valence electrons. The number of fused-ring (bicyclic) bond motifs is 1. The van der Waals surface area contributed by atoms with Gasteiger partial charge in [0.25, 0.3) is 0 Å². The zero-order valence-corrected chi connectivity index (χ0v) is 18.9. The third-order valence-corrected chi connectivity index (χ3v) is 5.96. The lowest BCUT2D eigenvalue weighted by atomic mass is 9.98. The summed E-state index contributed by atoms with van der Waals surface area (Å²) in [5.74, 6) is -1.16. The Morgan fingerprint density at radius 3 is 2.27 bits per heavy atom. The van der Waals surface area contributed by atoms with E-state index in [1.165, 1.54) is 12.1 Å². The van der Waals surface area contributed by atoms with Crippen molar-refractivity contribution >= 4 is 22.4 Å². The third kappa shape index (κ3) is 5.48. The number of nitrogens with zero attached hydrogens (tertiary/aromatic N) is 1. The molecule has 0 fully saturated rings. The molecule has 3 aromatic carbocycles. The molecule has 0 saturated heterocycles. The van der Waals surface area contributed by atoms with E-state index in [-0.39, 0.29) is 5.82 Å². The fourth-order valence-electron chi connectivity index (χ4n) is 3.85. The lowest BCUT2D eigenvalue weighted by Gasteiger charge is -2.10. The molecule has 1 heterocycles.